The van der Waals surface area contributed by atoms with Gasteiger partial charge in [-0.3, -0.25) is 0 Å². The lowest BCUT2D eigenvalue weighted by molar-refractivity contribution is 0.192. The van der Waals surface area contributed by atoms with Gasteiger partial charge in [0.05, 0.1) is 4.47 Å². The van der Waals surface area contributed by atoms with E-state index in [-0.39, 0.29) is 11.9 Å². The second-order valence-corrected chi connectivity index (χ2v) is 4.38. The summed E-state index contributed by atoms with van der Waals surface area (Å²) in [4.78, 5) is 0. The fourth-order valence-corrected chi connectivity index (χ4v) is 1.66. The molecule has 0 aliphatic heterocycles. The van der Waals surface area contributed by atoms with Crippen molar-refractivity contribution in [2.24, 2.45) is 0 Å². The van der Waals surface area contributed by atoms with E-state index in [4.69, 9.17) is 4.74 Å². The Hall–Kier alpha value is -0.610. The maximum absolute atomic E-state index is 13.0. The highest BCUT2D eigenvalue weighted by Crippen LogP contribution is 2.26. The Morgan fingerprint density at radius 2 is 2.19 bits per heavy atom. The summed E-state index contributed by atoms with van der Waals surface area (Å²) in [7, 11) is 0. The minimum atomic E-state index is -0.281. The number of hydrogen-bond donors (Lipinski definition) is 1. The monoisotopic (exact) mass is 289 g/mol. The van der Waals surface area contributed by atoms with Crippen LogP contribution in [0, 0.1) is 5.82 Å². The maximum atomic E-state index is 13.0. The van der Waals surface area contributed by atoms with Gasteiger partial charge < -0.3 is 10.1 Å². The molecule has 0 aliphatic rings. The van der Waals surface area contributed by atoms with Crippen molar-refractivity contribution >= 4 is 15.9 Å². The number of hydrogen-bond acceptors (Lipinski definition) is 2. The van der Waals surface area contributed by atoms with Gasteiger partial charge in [0.1, 0.15) is 17.7 Å². The van der Waals surface area contributed by atoms with E-state index in [1.54, 1.807) is 6.07 Å². The molecule has 16 heavy (non-hydrogen) atoms. The third-order valence-electron chi connectivity index (χ3n) is 2.26. The number of likely N-dealkylation sites (N-methyl/N-ethyl adjacent to an activating group) is 1. The molecule has 1 aromatic rings. The molecule has 0 radical (unpaired) electrons. The lowest BCUT2D eigenvalue weighted by Crippen LogP contribution is -2.30. The lowest BCUT2D eigenvalue weighted by Gasteiger charge is -2.18. The molecule has 0 aromatic heterocycles. The molecule has 2 nitrogen and oxygen atoms in total. The van der Waals surface area contributed by atoms with Crippen molar-refractivity contribution in [1.82, 2.24) is 5.32 Å². The Morgan fingerprint density at radius 1 is 1.44 bits per heavy atom. The van der Waals surface area contributed by atoms with Gasteiger partial charge in [-0.05, 0) is 41.0 Å². The number of benzene rings is 1. The van der Waals surface area contributed by atoms with E-state index in [9.17, 15) is 4.39 Å². The van der Waals surface area contributed by atoms with Crippen LogP contribution in [0.1, 0.15) is 20.3 Å². The summed E-state index contributed by atoms with van der Waals surface area (Å²) in [5.74, 6) is 0.279. The van der Waals surface area contributed by atoms with Crippen molar-refractivity contribution < 1.29 is 9.13 Å². The SMILES string of the molecule is CCNCC(CC)Oc1cc(F)ccc1Br. The van der Waals surface area contributed by atoms with E-state index >= 15 is 0 Å². The highest BCUT2D eigenvalue weighted by Gasteiger charge is 2.10. The maximum Gasteiger partial charge on any atom is 0.136 e. The Labute approximate surface area is 104 Å². The summed E-state index contributed by atoms with van der Waals surface area (Å²) in [6.45, 7) is 5.78. The lowest BCUT2D eigenvalue weighted by atomic mass is 10.2. The summed E-state index contributed by atoms with van der Waals surface area (Å²) in [5.41, 5.74) is 0. The van der Waals surface area contributed by atoms with Crippen LogP contribution in [0.5, 0.6) is 5.75 Å². The van der Waals surface area contributed by atoms with Crippen LogP contribution >= 0.6 is 15.9 Å². The highest BCUT2D eigenvalue weighted by atomic mass is 79.9. The van der Waals surface area contributed by atoms with Crippen LogP contribution in [0.2, 0.25) is 0 Å². The molecule has 0 heterocycles. The van der Waals surface area contributed by atoms with E-state index in [1.807, 2.05) is 6.92 Å². The molecular weight excluding hydrogens is 273 g/mol. The smallest absolute Gasteiger partial charge is 0.136 e. The summed E-state index contributed by atoms with van der Waals surface area (Å²) in [6, 6.07) is 4.46. The van der Waals surface area contributed by atoms with E-state index in [2.05, 4.69) is 28.2 Å². The summed E-state index contributed by atoms with van der Waals surface area (Å²) >= 11 is 3.34. The second kappa shape index (κ2) is 6.86. The molecule has 0 saturated carbocycles. The van der Waals surface area contributed by atoms with Crippen LogP contribution in [0.4, 0.5) is 4.39 Å². The summed E-state index contributed by atoms with van der Waals surface area (Å²) < 4.78 is 19.5. The molecular formula is C12H17BrFNO. The largest absolute Gasteiger partial charge is 0.488 e. The minimum Gasteiger partial charge on any atom is -0.488 e. The Bertz CT molecular complexity index is 333. The predicted molar refractivity (Wildman–Crippen MR) is 67.4 cm³/mol. The fourth-order valence-electron chi connectivity index (χ4n) is 1.32. The van der Waals surface area contributed by atoms with Crippen LogP contribution < -0.4 is 10.1 Å². The number of nitrogens with one attached hydrogen (secondary N) is 1. The molecule has 1 unspecified atom stereocenters. The van der Waals surface area contributed by atoms with Gasteiger partial charge in [-0.15, -0.1) is 0 Å². The van der Waals surface area contributed by atoms with Crippen molar-refractivity contribution in [3.8, 4) is 5.75 Å². The average molecular weight is 290 g/mol. The Morgan fingerprint density at radius 3 is 2.81 bits per heavy atom. The predicted octanol–water partition coefficient (Wildman–Crippen LogP) is 3.36. The van der Waals surface area contributed by atoms with Gasteiger partial charge in [0.15, 0.2) is 0 Å². The standard InChI is InChI=1S/C12H17BrFNO/c1-3-10(8-15-4-2)16-12-7-9(14)5-6-11(12)13/h5-7,10,15H,3-4,8H2,1-2H3. The quantitative estimate of drug-likeness (QED) is 0.867. The summed E-state index contributed by atoms with van der Waals surface area (Å²) in [6.07, 6.45) is 0.953. The van der Waals surface area contributed by atoms with E-state index in [0.29, 0.717) is 5.75 Å². The van der Waals surface area contributed by atoms with Crippen molar-refractivity contribution in [3.63, 3.8) is 0 Å². The number of ether oxygens (including phenoxy) is 1. The van der Waals surface area contributed by atoms with Gasteiger partial charge in [-0.25, -0.2) is 4.39 Å². The molecule has 90 valence electrons. The van der Waals surface area contributed by atoms with Gasteiger partial charge in [0, 0.05) is 12.6 Å². The first-order valence-corrected chi connectivity index (χ1v) is 6.29. The first-order valence-electron chi connectivity index (χ1n) is 5.49. The molecule has 1 aromatic carbocycles. The second-order valence-electron chi connectivity index (χ2n) is 3.53. The minimum absolute atomic E-state index is 0.0676. The normalized spacial score (nSPS) is 12.5. The van der Waals surface area contributed by atoms with Crippen LogP contribution in [-0.4, -0.2) is 19.2 Å². The van der Waals surface area contributed by atoms with Gasteiger partial charge in [-0.2, -0.15) is 0 Å². The average Bonchev–Trinajstić information content (AvgIpc) is 2.28. The topological polar surface area (TPSA) is 21.3 Å². The first kappa shape index (κ1) is 13.5. The highest BCUT2D eigenvalue weighted by molar-refractivity contribution is 9.10. The van der Waals surface area contributed by atoms with Crippen LogP contribution in [-0.2, 0) is 0 Å². The Kier molecular flexibility index (Phi) is 5.77. The third kappa shape index (κ3) is 4.10. The van der Waals surface area contributed by atoms with Crippen molar-refractivity contribution in [2.75, 3.05) is 13.1 Å². The number of halogens is 2. The van der Waals surface area contributed by atoms with Crippen molar-refractivity contribution in [3.05, 3.63) is 28.5 Å². The molecule has 0 fully saturated rings. The zero-order valence-electron chi connectivity index (χ0n) is 9.59. The van der Waals surface area contributed by atoms with E-state index in [0.717, 1.165) is 24.0 Å². The molecule has 1 rings (SSSR count). The van der Waals surface area contributed by atoms with Crippen LogP contribution in [0.15, 0.2) is 22.7 Å². The zero-order chi connectivity index (χ0) is 12.0. The van der Waals surface area contributed by atoms with Gasteiger partial charge >= 0.3 is 0 Å². The van der Waals surface area contributed by atoms with Crippen molar-refractivity contribution in [1.29, 1.82) is 0 Å². The molecule has 1 N–H and O–H groups in total. The molecule has 0 amide bonds. The molecule has 0 aliphatic carbocycles. The molecule has 0 saturated heterocycles. The first-order chi connectivity index (χ1) is 7.67. The molecule has 0 spiro atoms. The molecule has 0 bridgehead atoms. The Balaban J connectivity index is 2.65. The van der Waals surface area contributed by atoms with E-state index < -0.39 is 0 Å². The van der Waals surface area contributed by atoms with Gasteiger partial charge in [-0.1, -0.05) is 13.8 Å². The number of rotatable bonds is 6. The van der Waals surface area contributed by atoms with Gasteiger partial charge in [0.2, 0.25) is 0 Å². The third-order valence-corrected chi connectivity index (χ3v) is 2.92. The van der Waals surface area contributed by atoms with E-state index in [1.165, 1.54) is 12.1 Å². The zero-order valence-corrected chi connectivity index (χ0v) is 11.2. The molecule has 4 heteroatoms. The summed E-state index contributed by atoms with van der Waals surface area (Å²) in [5, 5.41) is 3.22. The van der Waals surface area contributed by atoms with Crippen LogP contribution in [0.3, 0.4) is 0 Å². The van der Waals surface area contributed by atoms with Crippen molar-refractivity contribution in [2.45, 2.75) is 26.4 Å². The fraction of sp³-hybridized carbons (Fsp3) is 0.500. The molecule has 1 atom stereocenters. The van der Waals surface area contributed by atoms with Gasteiger partial charge in [0.25, 0.3) is 0 Å². The van der Waals surface area contributed by atoms with Crippen LogP contribution in [0.25, 0.3) is 0 Å².